The molecule has 0 saturated heterocycles. The number of hydrogen-bond donors (Lipinski definition) is 1. The molecule has 0 radical (unpaired) electrons. The molecule has 1 aromatic rings. The summed E-state index contributed by atoms with van der Waals surface area (Å²) in [6.07, 6.45) is 2.58. The van der Waals surface area contributed by atoms with Crippen molar-refractivity contribution in [1.29, 1.82) is 0 Å². The maximum Gasteiger partial charge on any atom is 0.248 e. The van der Waals surface area contributed by atoms with Crippen LogP contribution < -0.4 is 5.73 Å². The van der Waals surface area contributed by atoms with E-state index >= 15 is 0 Å². The van der Waals surface area contributed by atoms with E-state index in [1.54, 1.807) is 0 Å². The first-order valence-electron chi connectivity index (χ1n) is 6.13. The van der Waals surface area contributed by atoms with Gasteiger partial charge in [0, 0.05) is 37.5 Å². The monoisotopic (exact) mass is 243 g/mol. The molecule has 5 heteroatoms. The van der Waals surface area contributed by atoms with Crippen LogP contribution in [0.2, 0.25) is 0 Å². The number of nitrogens with zero attached hydrogens (tertiary/aromatic N) is 2. The summed E-state index contributed by atoms with van der Waals surface area (Å²) in [5.74, 6) is -2.52. The number of hydrogen-bond acceptors (Lipinski definition) is 2. The van der Waals surface area contributed by atoms with Crippen molar-refractivity contribution in [2.75, 3.05) is 6.54 Å². The van der Waals surface area contributed by atoms with Gasteiger partial charge in [0.05, 0.1) is 5.69 Å². The summed E-state index contributed by atoms with van der Waals surface area (Å²) < 4.78 is 28.2. The van der Waals surface area contributed by atoms with E-state index in [1.165, 1.54) is 0 Å². The Morgan fingerprint density at radius 2 is 2.00 bits per heavy atom. The van der Waals surface area contributed by atoms with Crippen LogP contribution in [0.1, 0.15) is 38.3 Å². The smallest absolute Gasteiger partial charge is 0.248 e. The summed E-state index contributed by atoms with van der Waals surface area (Å²) in [6, 6.07) is 1.92. The van der Waals surface area contributed by atoms with Crippen molar-refractivity contribution in [3.63, 3.8) is 0 Å². The number of halogens is 2. The molecule has 1 fully saturated rings. The average molecular weight is 243 g/mol. The molecule has 1 heterocycles. The van der Waals surface area contributed by atoms with Crippen molar-refractivity contribution in [1.82, 2.24) is 9.78 Å². The second-order valence-electron chi connectivity index (χ2n) is 4.90. The summed E-state index contributed by atoms with van der Waals surface area (Å²) in [6.45, 7) is 3.18. The van der Waals surface area contributed by atoms with Crippen LogP contribution in [-0.4, -0.2) is 22.2 Å². The Bertz CT molecular complexity index is 377. The van der Waals surface area contributed by atoms with Crippen LogP contribution in [-0.2, 0) is 12.0 Å². The van der Waals surface area contributed by atoms with Crippen molar-refractivity contribution in [3.8, 4) is 0 Å². The van der Waals surface area contributed by atoms with E-state index in [-0.39, 0.29) is 18.3 Å². The molecule has 0 bridgehead atoms. The highest BCUT2D eigenvalue weighted by Gasteiger charge is 2.44. The van der Waals surface area contributed by atoms with Gasteiger partial charge in [0.25, 0.3) is 0 Å². The third kappa shape index (κ3) is 2.34. The van der Waals surface area contributed by atoms with Gasteiger partial charge in [-0.15, -0.1) is 0 Å². The number of rotatable bonds is 3. The third-order valence-corrected chi connectivity index (χ3v) is 3.84. The molecule has 0 amide bonds. The Balaban J connectivity index is 2.21. The molecule has 0 unspecified atom stereocenters. The Morgan fingerprint density at radius 3 is 2.47 bits per heavy atom. The standard InChI is InChI=1S/C12H19F2N3/c1-2-17-8-3-10(16-17)11(9-15)4-6-12(13,14)7-5-11/h3,8H,2,4-7,9,15H2,1H3. The normalized spacial score (nSPS) is 22.6. The van der Waals surface area contributed by atoms with E-state index in [0.717, 1.165) is 12.2 Å². The number of aromatic nitrogens is 2. The lowest BCUT2D eigenvalue weighted by Crippen LogP contribution is -2.42. The summed E-state index contributed by atoms with van der Waals surface area (Å²) >= 11 is 0. The van der Waals surface area contributed by atoms with Gasteiger partial charge >= 0.3 is 0 Å². The average Bonchev–Trinajstić information content (AvgIpc) is 2.79. The zero-order valence-corrected chi connectivity index (χ0v) is 10.1. The molecule has 0 atom stereocenters. The summed E-state index contributed by atoms with van der Waals surface area (Å²) in [7, 11) is 0. The lowest BCUT2D eigenvalue weighted by Gasteiger charge is -2.38. The molecule has 0 aliphatic heterocycles. The largest absolute Gasteiger partial charge is 0.330 e. The minimum atomic E-state index is -2.52. The maximum atomic E-state index is 13.2. The fourth-order valence-corrected chi connectivity index (χ4v) is 2.48. The first-order chi connectivity index (χ1) is 8.01. The lowest BCUT2D eigenvalue weighted by molar-refractivity contribution is -0.0514. The van der Waals surface area contributed by atoms with Gasteiger partial charge in [0.15, 0.2) is 0 Å². The van der Waals surface area contributed by atoms with Gasteiger partial charge in [-0.05, 0) is 25.8 Å². The van der Waals surface area contributed by atoms with E-state index in [0.29, 0.717) is 19.4 Å². The first-order valence-corrected chi connectivity index (χ1v) is 6.13. The lowest BCUT2D eigenvalue weighted by atomic mass is 9.71. The number of nitrogens with two attached hydrogens (primary N) is 1. The van der Waals surface area contributed by atoms with Crippen LogP contribution in [0.4, 0.5) is 8.78 Å². The van der Waals surface area contributed by atoms with Gasteiger partial charge in [-0.2, -0.15) is 5.10 Å². The van der Waals surface area contributed by atoms with Crippen molar-refractivity contribution < 1.29 is 8.78 Å². The van der Waals surface area contributed by atoms with Crippen LogP contribution in [0.15, 0.2) is 12.3 Å². The fourth-order valence-electron chi connectivity index (χ4n) is 2.48. The number of aryl methyl sites for hydroxylation is 1. The molecule has 17 heavy (non-hydrogen) atoms. The molecule has 0 aromatic carbocycles. The molecule has 1 aromatic heterocycles. The molecular weight excluding hydrogens is 224 g/mol. The molecule has 0 spiro atoms. The van der Waals surface area contributed by atoms with E-state index in [4.69, 9.17) is 5.73 Å². The van der Waals surface area contributed by atoms with E-state index < -0.39 is 5.92 Å². The van der Waals surface area contributed by atoms with Crippen molar-refractivity contribution in [3.05, 3.63) is 18.0 Å². The highest BCUT2D eigenvalue weighted by Crippen LogP contribution is 2.44. The van der Waals surface area contributed by atoms with Crippen LogP contribution in [0.5, 0.6) is 0 Å². The predicted molar refractivity (Wildman–Crippen MR) is 62.0 cm³/mol. The fraction of sp³-hybridized carbons (Fsp3) is 0.750. The summed E-state index contributed by atoms with van der Waals surface area (Å²) in [4.78, 5) is 0. The molecule has 2 rings (SSSR count). The predicted octanol–water partition coefficient (Wildman–Crippen LogP) is 2.31. The molecule has 1 aliphatic carbocycles. The van der Waals surface area contributed by atoms with Crippen LogP contribution >= 0.6 is 0 Å². The summed E-state index contributed by atoms with van der Waals surface area (Å²) in [5, 5.41) is 4.43. The highest BCUT2D eigenvalue weighted by molar-refractivity contribution is 5.18. The van der Waals surface area contributed by atoms with E-state index in [1.807, 2.05) is 23.9 Å². The molecule has 2 N–H and O–H groups in total. The topological polar surface area (TPSA) is 43.8 Å². The molecule has 3 nitrogen and oxygen atoms in total. The molecular formula is C12H19F2N3. The van der Waals surface area contributed by atoms with Gasteiger partial charge in [0.2, 0.25) is 5.92 Å². The Kier molecular flexibility index (Phi) is 3.21. The molecule has 1 saturated carbocycles. The van der Waals surface area contributed by atoms with Gasteiger partial charge < -0.3 is 5.73 Å². The van der Waals surface area contributed by atoms with Crippen molar-refractivity contribution in [2.24, 2.45) is 5.73 Å². The first kappa shape index (κ1) is 12.5. The van der Waals surface area contributed by atoms with Crippen LogP contribution in [0.3, 0.4) is 0 Å². The van der Waals surface area contributed by atoms with Gasteiger partial charge in [-0.3, -0.25) is 4.68 Å². The maximum absolute atomic E-state index is 13.2. The summed E-state index contributed by atoms with van der Waals surface area (Å²) in [5.41, 5.74) is 6.34. The van der Waals surface area contributed by atoms with Gasteiger partial charge in [-0.25, -0.2) is 8.78 Å². The molecule has 96 valence electrons. The Hall–Kier alpha value is -0.970. The van der Waals surface area contributed by atoms with Crippen LogP contribution in [0.25, 0.3) is 0 Å². The highest BCUT2D eigenvalue weighted by atomic mass is 19.3. The van der Waals surface area contributed by atoms with E-state index in [9.17, 15) is 8.78 Å². The van der Waals surface area contributed by atoms with Gasteiger partial charge in [0.1, 0.15) is 0 Å². The Morgan fingerprint density at radius 1 is 1.35 bits per heavy atom. The van der Waals surface area contributed by atoms with Gasteiger partial charge in [-0.1, -0.05) is 0 Å². The minimum Gasteiger partial charge on any atom is -0.330 e. The minimum absolute atomic E-state index is 0.0802. The van der Waals surface area contributed by atoms with Crippen LogP contribution in [0, 0.1) is 0 Å². The second-order valence-corrected chi connectivity index (χ2v) is 4.90. The zero-order chi connectivity index (χ0) is 12.5. The number of alkyl halides is 2. The van der Waals surface area contributed by atoms with E-state index in [2.05, 4.69) is 5.10 Å². The SMILES string of the molecule is CCn1ccc(C2(CN)CCC(F)(F)CC2)n1. The molecule has 1 aliphatic rings. The zero-order valence-electron chi connectivity index (χ0n) is 10.1. The van der Waals surface area contributed by atoms with Crippen molar-refractivity contribution >= 4 is 0 Å². The second kappa shape index (κ2) is 4.37. The Labute approximate surface area is 100.0 Å². The van der Waals surface area contributed by atoms with Crippen molar-refractivity contribution in [2.45, 2.75) is 50.5 Å². The third-order valence-electron chi connectivity index (χ3n) is 3.84. The quantitative estimate of drug-likeness (QED) is 0.885.